The van der Waals surface area contributed by atoms with Crippen molar-refractivity contribution in [1.29, 1.82) is 0 Å². The Hall–Kier alpha value is -1.81. The van der Waals surface area contributed by atoms with Gasteiger partial charge in [-0.05, 0) is 43.5 Å². The molecule has 0 aliphatic carbocycles. The van der Waals surface area contributed by atoms with E-state index in [4.69, 9.17) is 4.74 Å². The van der Waals surface area contributed by atoms with E-state index in [1.165, 1.54) is 5.56 Å². The summed E-state index contributed by atoms with van der Waals surface area (Å²) in [7, 11) is 1.70. The lowest BCUT2D eigenvalue weighted by molar-refractivity contribution is 0.414. The Kier molecular flexibility index (Phi) is 5.62. The standard InChI is InChI=1S/C16H23N3O/c1-14(17-11-13-19-12-3-10-18-19)4-5-15-6-8-16(20-2)9-7-15/h3,6-10,12,14,17H,4-5,11,13H2,1-2H3. The highest BCUT2D eigenvalue weighted by atomic mass is 16.5. The van der Waals surface area contributed by atoms with Crippen LogP contribution in [0.5, 0.6) is 5.75 Å². The molecular weight excluding hydrogens is 250 g/mol. The number of nitrogens with one attached hydrogen (secondary N) is 1. The second-order valence-electron chi connectivity index (χ2n) is 5.01. The van der Waals surface area contributed by atoms with Crippen molar-refractivity contribution in [2.24, 2.45) is 0 Å². The van der Waals surface area contributed by atoms with Crippen molar-refractivity contribution in [3.63, 3.8) is 0 Å². The number of nitrogens with zero attached hydrogens (tertiary/aromatic N) is 2. The monoisotopic (exact) mass is 273 g/mol. The molecule has 2 aromatic rings. The van der Waals surface area contributed by atoms with Crippen LogP contribution >= 0.6 is 0 Å². The molecule has 1 atom stereocenters. The van der Waals surface area contributed by atoms with Crippen molar-refractivity contribution >= 4 is 0 Å². The van der Waals surface area contributed by atoms with Gasteiger partial charge < -0.3 is 10.1 Å². The molecule has 0 radical (unpaired) electrons. The van der Waals surface area contributed by atoms with E-state index in [1.807, 2.05) is 35.3 Å². The predicted molar refractivity (Wildman–Crippen MR) is 81.0 cm³/mol. The smallest absolute Gasteiger partial charge is 0.118 e. The number of hydrogen-bond donors (Lipinski definition) is 1. The molecule has 1 aromatic heterocycles. The van der Waals surface area contributed by atoms with Crippen molar-refractivity contribution in [3.8, 4) is 5.75 Å². The van der Waals surface area contributed by atoms with E-state index in [-0.39, 0.29) is 0 Å². The summed E-state index contributed by atoms with van der Waals surface area (Å²) in [5, 5.41) is 7.72. The molecule has 20 heavy (non-hydrogen) atoms. The lowest BCUT2D eigenvalue weighted by Gasteiger charge is -2.14. The fourth-order valence-electron chi connectivity index (χ4n) is 2.14. The van der Waals surface area contributed by atoms with E-state index in [2.05, 4.69) is 29.5 Å². The fraction of sp³-hybridized carbons (Fsp3) is 0.438. The first-order chi connectivity index (χ1) is 9.78. The molecule has 0 amide bonds. The zero-order valence-corrected chi connectivity index (χ0v) is 12.2. The van der Waals surface area contributed by atoms with Crippen molar-refractivity contribution in [3.05, 3.63) is 48.3 Å². The van der Waals surface area contributed by atoms with E-state index in [0.29, 0.717) is 6.04 Å². The molecule has 0 aliphatic rings. The largest absolute Gasteiger partial charge is 0.497 e. The minimum atomic E-state index is 0.507. The van der Waals surface area contributed by atoms with Crippen molar-refractivity contribution in [1.82, 2.24) is 15.1 Å². The first-order valence-corrected chi connectivity index (χ1v) is 7.11. The van der Waals surface area contributed by atoms with Crippen LogP contribution in [0.4, 0.5) is 0 Å². The van der Waals surface area contributed by atoms with E-state index >= 15 is 0 Å². The van der Waals surface area contributed by atoms with Gasteiger partial charge in [0.2, 0.25) is 0 Å². The first-order valence-electron chi connectivity index (χ1n) is 7.11. The Labute approximate surface area is 120 Å². The number of benzene rings is 1. The van der Waals surface area contributed by atoms with Gasteiger partial charge in [0.25, 0.3) is 0 Å². The molecule has 0 bridgehead atoms. The van der Waals surface area contributed by atoms with Gasteiger partial charge in [0.1, 0.15) is 5.75 Å². The molecule has 108 valence electrons. The number of ether oxygens (including phenoxy) is 1. The summed E-state index contributed by atoms with van der Waals surface area (Å²) in [6.45, 7) is 4.10. The number of methoxy groups -OCH3 is 1. The average Bonchev–Trinajstić information content (AvgIpc) is 2.99. The van der Waals surface area contributed by atoms with Gasteiger partial charge in [-0.2, -0.15) is 5.10 Å². The van der Waals surface area contributed by atoms with Crippen molar-refractivity contribution < 1.29 is 4.74 Å². The highest BCUT2D eigenvalue weighted by Crippen LogP contribution is 2.13. The van der Waals surface area contributed by atoms with Gasteiger partial charge in [-0.15, -0.1) is 0 Å². The quantitative estimate of drug-likeness (QED) is 0.803. The van der Waals surface area contributed by atoms with Crippen LogP contribution < -0.4 is 10.1 Å². The van der Waals surface area contributed by atoms with Gasteiger partial charge in [0.05, 0.1) is 13.7 Å². The van der Waals surface area contributed by atoms with Gasteiger partial charge in [-0.1, -0.05) is 12.1 Å². The molecule has 1 unspecified atom stereocenters. The molecule has 1 aromatic carbocycles. The molecule has 4 nitrogen and oxygen atoms in total. The molecule has 0 aliphatic heterocycles. The number of rotatable bonds is 8. The van der Waals surface area contributed by atoms with E-state index in [0.717, 1.165) is 31.7 Å². The maximum absolute atomic E-state index is 5.16. The zero-order valence-electron chi connectivity index (χ0n) is 12.2. The minimum Gasteiger partial charge on any atom is -0.497 e. The third kappa shape index (κ3) is 4.70. The summed E-state index contributed by atoms with van der Waals surface area (Å²) in [6, 6.07) is 10.8. The summed E-state index contributed by atoms with van der Waals surface area (Å²) >= 11 is 0. The number of hydrogen-bond acceptors (Lipinski definition) is 3. The summed E-state index contributed by atoms with van der Waals surface area (Å²) in [6.07, 6.45) is 6.02. The second kappa shape index (κ2) is 7.70. The zero-order chi connectivity index (χ0) is 14.2. The molecular formula is C16H23N3O. The molecule has 2 rings (SSSR count). The first kappa shape index (κ1) is 14.6. The average molecular weight is 273 g/mol. The van der Waals surface area contributed by atoms with Crippen LogP contribution in [0.2, 0.25) is 0 Å². The topological polar surface area (TPSA) is 39.1 Å². The Morgan fingerprint density at radius 1 is 1.30 bits per heavy atom. The number of aromatic nitrogens is 2. The highest BCUT2D eigenvalue weighted by Gasteiger charge is 2.02. The van der Waals surface area contributed by atoms with Crippen LogP contribution in [-0.4, -0.2) is 29.5 Å². The van der Waals surface area contributed by atoms with Gasteiger partial charge in [0, 0.05) is 25.0 Å². The Morgan fingerprint density at radius 3 is 2.75 bits per heavy atom. The third-order valence-electron chi connectivity index (χ3n) is 3.42. The van der Waals surface area contributed by atoms with Crippen LogP contribution in [0.1, 0.15) is 18.9 Å². The normalized spacial score (nSPS) is 12.3. The lowest BCUT2D eigenvalue weighted by atomic mass is 10.1. The van der Waals surface area contributed by atoms with E-state index in [9.17, 15) is 0 Å². The molecule has 0 saturated heterocycles. The van der Waals surface area contributed by atoms with Crippen LogP contribution in [-0.2, 0) is 13.0 Å². The second-order valence-corrected chi connectivity index (χ2v) is 5.01. The Morgan fingerprint density at radius 2 is 2.10 bits per heavy atom. The molecule has 1 heterocycles. The lowest BCUT2D eigenvalue weighted by Crippen LogP contribution is -2.29. The highest BCUT2D eigenvalue weighted by molar-refractivity contribution is 5.27. The van der Waals surface area contributed by atoms with Gasteiger partial charge in [-0.3, -0.25) is 4.68 Å². The van der Waals surface area contributed by atoms with Crippen molar-refractivity contribution in [2.75, 3.05) is 13.7 Å². The number of aryl methyl sites for hydroxylation is 1. The van der Waals surface area contributed by atoms with Gasteiger partial charge >= 0.3 is 0 Å². The van der Waals surface area contributed by atoms with Crippen LogP contribution in [0, 0.1) is 0 Å². The van der Waals surface area contributed by atoms with E-state index < -0.39 is 0 Å². The molecule has 0 spiro atoms. The fourth-order valence-corrected chi connectivity index (χ4v) is 2.14. The maximum atomic E-state index is 5.16. The molecule has 1 N–H and O–H groups in total. The summed E-state index contributed by atoms with van der Waals surface area (Å²) in [5.74, 6) is 0.916. The van der Waals surface area contributed by atoms with Gasteiger partial charge in [0.15, 0.2) is 0 Å². The minimum absolute atomic E-state index is 0.507. The third-order valence-corrected chi connectivity index (χ3v) is 3.42. The SMILES string of the molecule is COc1ccc(CCC(C)NCCn2cccn2)cc1. The van der Waals surface area contributed by atoms with Gasteiger partial charge in [-0.25, -0.2) is 0 Å². The Balaban J connectivity index is 1.65. The molecule has 0 fully saturated rings. The van der Waals surface area contributed by atoms with E-state index in [1.54, 1.807) is 7.11 Å². The maximum Gasteiger partial charge on any atom is 0.118 e. The molecule has 4 heteroatoms. The van der Waals surface area contributed by atoms with Crippen LogP contribution in [0.3, 0.4) is 0 Å². The van der Waals surface area contributed by atoms with Crippen molar-refractivity contribution in [2.45, 2.75) is 32.4 Å². The Bertz CT molecular complexity index is 479. The molecule has 0 saturated carbocycles. The summed E-state index contributed by atoms with van der Waals surface area (Å²) < 4.78 is 7.11. The van der Waals surface area contributed by atoms with Crippen LogP contribution in [0.15, 0.2) is 42.7 Å². The predicted octanol–water partition coefficient (Wildman–Crippen LogP) is 2.50. The summed E-state index contributed by atoms with van der Waals surface area (Å²) in [4.78, 5) is 0. The summed E-state index contributed by atoms with van der Waals surface area (Å²) in [5.41, 5.74) is 1.35. The van der Waals surface area contributed by atoms with Crippen LogP contribution in [0.25, 0.3) is 0 Å².